The molecule has 0 nitrogen and oxygen atoms in total. The van der Waals surface area contributed by atoms with Crippen LogP contribution in [0.5, 0.6) is 0 Å². The van der Waals surface area contributed by atoms with Crippen molar-refractivity contribution in [3.8, 4) is 0 Å². The maximum Gasteiger partial charge on any atom is -0.0619 e. The van der Waals surface area contributed by atoms with Gasteiger partial charge in [-0.2, -0.15) is 5.82 Å². The van der Waals surface area contributed by atoms with Crippen LogP contribution >= 0.6 is 0 Å². The van der Waals surface area contributed by atoms with Crippen molar-refractivity contribution < 1.29 is 0 Å². The summed E-state index contributed by atoms with van der Waals surface area (Å²) in [5.74, 6) is 0.291. The molecule has 0 amide bonds. The van der Waals surface area contributed by atoms with Gasteiger partial charge in [-0.1, -0.05) is 90.0 Å². The second-order valence-electron chi connectivity index (χ2n) is 4.88. The number of hydrogen-bond donors (Lipinski definition) is 0. The van der Waals surface area contributed by atoms with Gasteiger partial charge in [-0.15, -0.1) is 12.1 Å². The third kappa shape index (κ3) is 3.00. The second-order valence-corrected chi connectivity index (χ2v) is 4.88. The Morgan fingerprint density at radius 1 is 0.500 bits per heavy atom. The Balaban J connectivity index is 1.96. The standard InChI is InChI=1S/C19H16B/c1-4-10-16(11-5-1)19(17-12-6-2-7-13-17)20-18-14-8-3-9-15-18/h1-15,19H/q-1. The third-order valence-corrected chi connectivity index (χ3v) is 3.48. The molecular weight excluding hydrogens is 239 g/mol. The van der Waals surface area contributed by atoms with Crippen LogP contribution in [0.3, 0.4) is 0 Å². The number of hydrogen-bond acceptors (Lipinski definition) is 0. The molecule has 2 radical (unpaired) electrons. The molecule has 0 saturated heterocycles. The monoisotopic (exact) mass is 255 g/mol. The van der Waals surface area contributed by atoms with E-state index in [9.17, 15) is 0 Å². The lowest BCUT2D eigenvalue weighted by atomic mass is 9.54. The normalized spacial score (nSPS) is 10.7. The van der Waals surface area contributed by atoms with Gasteiger partial charge in [0, 0.05) is 0 Å². The van der Waals surface area contributed by atoms with E-state index in [1.165, 1.54) is 16.6 Å². The molecule has 0 fully saturated rings. The molecule has 0 unspecified atom stereocenters. The minimum atomic E-state index is 0.291. The lowest BCUT2D eigenvalue weighted by Gasteiger charge is -2.31. The molecule has 0 bridgehead atoms. The highest BCUT2D eigenvalue weighted by atomic mass is 14.1. The lowest BCUT2D eigenvalue weighted by molar-refractivity contribution is 1.13. The molecule has 0 atom stereocenters. The third-order valence-electron chi connectivity index (χ3n) is 3.48. The fraction of sp³-hybridized carbons (Fsp3) is 0.0526. The fourth-order valence-electron chi connectivity index (χ4n) is 2.46. The summed E-state index contributed by atoms with van der Waals surface area (Å²) in [5.41, 5.74) is 3.90. The van der Waals surface area contributed by atoms with Crippen molar-refractivity contribution in [2.45, 2.75) is 5.82 Å². The van der Waals surface area contributed by atoms with Crippen molar-refractivity contribution in [1.29, 1.82) is 0 Å². The van der Waals surface area contributed by atoms with Crippen LogP contribution in [0.15, 0.2) is 91.0 Å². The van der Waals surface area contributed by atoms with Gasteiger partial charge in [-0.25, -0.2) is 0 Å². The summed E-state index contributed by atoms with van der Waals surface area (Å²) in [7, 11) is 2.32. The Morgan fingerprint density at radius 3 is 1.35 bits per heavy atom. The van der Waals surface area contributed by atoms with Gasteiger partial charge in [-0.3, -0.25) is 12.7 Å². The number of rotatable bonds is 4. The van der Waals surface area contributed by atoms with E-state index in [0.29, 0.717) is 5.82 Å². The van der Waals surface area contributed by atoms with Gasteiger partial charge < -0.3 is 0 Å². The molecule has 0 aliphatic carbocycles. The summed E-state index contributed by atoms with van der Waals surface area (Å²) in [6, 6.07) is 31.8. The lowest BCUT2D eigenvalue weighted by Crippen LogP contribution is -2.22. The predicted octanol–water partition coefficient (Wildman–Crippen LogP) is 3.81. The predicted molar refractivity (Wildman–Crippen MR) is 86.6 cm³/mol. The van der Waals surface area contributed by atoms with Gasteiger partial charge in [0.25, 0.3) is 0 Å². The SMILES string of the molecule is [B-](c1ccccc1)C(c1ccccc1)c1ccccc1. The summed E-state index contributed by atoms with van der Waals surface area (Å²) in [6.45, 7) is 0. The quantitative estimate of drug-likeness (QED) is 0.622. The first-order valence-electron chi connectivity index (χ1n) is 6.93. The van der Waals surface area contributed by atoms with Crippen LogP contribution in [0.1, 0.15) is 16.9 Å². The van der Waals surface area contributed by atoms with E-state index in [1.807, 2.05) is 0 Å². The molecular formula is C19H16B-. The first-order valence-corrected chi connectivity index (χ1v) is 6.93. The van der Waals surface area contributed by atoms with E-state index in [4.69, 9.17) is 0 Å². The zero-order valence-corrected chi connectivity index (χ0v) is 11.3. The zero-order chi connectivity index (χ0) is 13.6. The topological polar surface area (TPSA) is 0 Å². The number of benzene rings is 3. The molecule has 3 aromatic rings. The molecule has 96 valence electrons. The molecule has 0 N–H and O–H groups in total. The highest BCUT2D eigenvalue weighted by Crippen LogP contribution is 2.23. The van der Waals surface area contributed by atoms with Crippen molar-refractivity contribution in [2.24, 2.45) is 0 Å². The minimum Gasteiger partial charge on any atom is -0.281 e. The summed E-state index contributed by atoms with van der Waals surface area (Å²) >= 11 is 0. The minimum absolute atomic E-state index is 0.291. The maximum atomic E-state index is 2.32. The van der Waals surface area contributed by atoms with E-state index < -0.39 is 0 Å². The second kappa shape index (κ2) is 6.25. The van der Waals surface area contributed by atoms with E-state index in [2.05, 4.69) is 98.3 Å². The average molecular weight is 255 g/mol. The first kappa shape index (κ1) is 12.7. The fourth-order valence-corrected chi connectivity index (χ4v) is 2.46. The van der Waals surface area contributed by atoms with Gasteiger partial charge in [0.1, 0.15) is 0 Å². The Bertz CT molecular complexity index is 593. The van der Waals surface area contributed by atoms with Crippen LogP contribution in [-0.2, 0) is 0 Å². The van der Waals surface area contributed by atoms with Crippen LogP contribution in [0, 0.1) is 0 Å². The van der Waals surface area contributed by atoms with Gasteiger partial charge in [0.15, 0.2) is 0 Å². The Kier molecular flexibility index (Phi) is 3.98. The molecule has 3 rings (SSSR count). The van der Waals surface area contributed by atoms with Crippen LogP contribution in [-0.4, -0.2) is 7.28 Å². The van der Waals surface area contributed by atoms with Gasteiger partial charge in [0.2, 0.25) is 0 Å². The Morgan fingerprint density at radius 2 is 0.900 bits per heavy atom. The smallest absolute Gasteiger partial charge is 0.0619 e. The molecule has 0 saturated carbocycles. The average Bonchev–Trinajstić information content (AvgIpc) is 2.55. The van der Waals surface area contributed by atoms with E-state index >= 15 is 0 Å². The van der Waals surface area contributed by atoms with Crippen LogP contribution < -0.4 is 5.46 Å². The van der Waals surface area contributed by atoms with E-state index in [0.717, 1.165) is 0 Å². The van der Waals surface area contributed by atoms with E-state index in [-0.39, 0.29) is 0 Å². The summed E-state index contributed by atoms with van der Waals surface area (Å²) < 4.78 is 0. The Hall–Kier alpha value is -2.28. The highest BCUT2D eigenvalue weighted by molar-refractivity contribution is 6.55. The van der Waals surface area contributed by atoms with Crippen LogP contribution in [0.2, 0.25) is 0 Å². The first-order chi connectivity index (χ1) is 9.93. The maximum absolute atomic E-state index is 2.32. The van der Waals surface area contributed by atoms with Crippen LogP contribution in [0.4, 0.5) is 0 Å². The molecule has 0 heterocycles. The largest absolute Gasteiger partial charge is 0.281 e. The molecule has 1 heteroatoms. The molecule has 20 heavy (non-hydrogen) atoms. The molecule has 0 aromatic heterocycles. The van der Waals surface area contributed by atoms with Crippen molar-refractivity contribution >= 4 is 12.7 Å². The summed E-state index contributed by atoms with van der Waals surface area (Å²) in [5, 5.41) is 0. The van der Waals surface area contributed by atoms with Gasteiger partial charge >= 0.3 is 0 Å². The molecule has 0 aliphatic rings. The van der Waals surface area contributed by atoms with Crippen molar-refractivity contribution in [3.05, 3.63) is 102 Å². The zero-order valence-electron chi connectivity index (χ0n) is 11.3. The summed E-state index contributed by atoms with van der Waals surface area (Å²) in [4.78, 5) is 0. The molecule has 0 spiro atoms. The van der Waals surface area contributed by atoms with E-state index in [1.54, 1.807) is 0 Å². The summed E-state index contributed by atoms with van der Waals surface area (Å²) in [6.07, 6.45) is 0. The van der Waals surface area contributed by atoms with Gasteiger partial charge in [-0.05, 0) is 0 Å². The molecule has 0 aliphatic heterocycles. The van der Waals surface area contributed by atoms with Crippen molar-refractivity contribution in [1.82, 2.24) is 0 Å². The highest BCUT2D eigenvalue weighted by Gasteiger charge is 2.03. The van der Waals surface area contributed by atoms with Gasteiger partial charge in [0.05, 0.1) is 0 Å². The Labute approximate surface area is 121 Å². The van der Waals surface area contributed by atoms with Crippen molar-refractivity contribution in [2.75, 3.05) is 0 Å². The van der Waals surface area contributed by atoms with Crippen molar-refractivity contribution in [3.63, 3.8) is 0 Å². The van der Waals surface area contributed by atoms with Crippen LogP contribution in [0.25, 0.3) is 0 Å². The molecule has 3 aromatic carbocycles.